The number of rotatable bonds is 4. The molecule has 0 radical (unpaired) electrons. The Balaban J connectivity index is 2.78. The maximum absolute atomic E-state index is 10.3. The maximum atomic E-state index is 10.3. The Bertz CT molecular complexity index is 232. The highest BCUT2D eigenvalue weighted by atomic mass is 16.7. The predicted molar refractivity (Wildman–Crippen MR) is 66.2 cm³/mol. The minimum atomic E-state index is -0.638. The summed E-state index contributed by atoms with van der Waals surface area (Å²) in [5, 5.41) is 10.3. The summed E-state index contributed by atoms with van der Waals surface area (Å²) in [6.07, 6.45) is -1.41. The van der Waals surface area contributed by atoms with Crippen LogP contribution in [0.25, 0.3) is 0 Å². The number of hydrogen-bond acceptors (Lipinski definition) is 5. The molecule has 5 atom stereocenters. The fourth-order valence-corrected chi connectivity index (χ4v) is 2.42. The summed E-state index contributed by atoms with van der Waals surface area (Å²) in [7, 11) is 0. The summed E-state index contributed by atoms with van der Waals surface area (Å²) in [5.41, 5.74) is 11.7. The van der Waals surface area contributed by atoms with Gasteiger partial charge in [0.2, 0.25) is 0 Å². The van der Waals surface area contributed by atoms with Gasteiger partial charge in [-0.2, -0.15) is 0 Å². The molecule has 1 rings (SSSR count). The quantitative estimate of drug-likeness (QED) is 0.652. The second-order valence-electron chi connectivity index (χ2n) is 5.35. The Morgan fingerprint density at radius 3 is 2.29 bits per heavy atom. The monoisotopic (exact) mass is 246 g/mol. The lowest BCUT2D eigenvalue weighted by Gasteiger charge is -2.45. The maximum Gasteiger partial charge on any atom is 0.175 e. The van der Waals surface area contributed by atoms with Crippen LogP contribution in [0.5, 0.6) is 0 Å². The Hall–Kier alpha value is -0.200. The molecular weight excluding hydrogens is 220 g/mol. The second-order valence-corrected chi connectivity index (χ2v) is 5.35. The zero-order valence-electron chi connectivity index (χ0n) is 11.2. The van der Waals surface area contributed by atoms with Gasteiger partial charge in [-0.3, -0.25) is 0 Å². The fraction of sp³-hybridized carbons (Fsp3) is 1.00. The van der Waals surface area contributed by atoms with Crippen molar-refractivity contribution < 1.29 is 14.6 Å². The first-order valence-electron chi connectivity index (χ1n) is 6.33. The van der Waals surface area contributed by atoms with E-state index >= 15 is 0 Å². The first-order valence-corrected chi connectivity index (χ1v) is 6.33. The van der Waals surface area contributed by atoms with Gasteiger partial charge in [0, 0.05) is 12.5 Å². The molecule has 5 N–H and O–H groups in total. The van der Waals surface area contributed by atoms with Crippen molar-refractivity contribution in [2.75, 3.05) is 6.54 Å². The Labute approximate surface area is 103 Å². The molecule has 0 aromatic carbocycles. The van der Waals surface area contributed by atoms with Gasteiger partial charge in [0.25, 0.3) is 0 Å². The van der Waals surface area contributed by atoms with E-state index in [1.165, 1.54) is 0 Å². The first kappa shape index (κ1) is 14.9. The SMILES string of the molecule is CC(C)O[C@@H]1OC(CN)[C@H](C(C)C)[C@H](O)C1N. The summed E-state index contributed by atoms with van der Waals surface area (Å²) in [4.78, 5) is 0. The average molecular weight is 246 g/mol. The van der Waals surface area contributed by atoms with Crippen LogP contribution in [0, 0.1) is 11.8 Å². The lowest BCUT2D eigenvalue weighted by atomic mass is 9.80. The third kappa shape index (κ3) is 3.39. The molecule has 1 fully saturated rings. The normalized spacial score (nSPS) is 39.0. The van der Waals surface area contributed by atoms with Crippen LogP contribution in [0.3, 0.4) is 0 Å². The van der Waals surface area contributed by atoms with Crippen molar-refractivity contribution in [2.45, 2.75) is 58.3 Å². The van der Waals surface area contributed by atoms with Crippen molar-refractivity contribution >= 4 is 0 Å². The molecule has 0 bridgehead atoms. The molecule has 0 saturated carbocycles. The van der Waals surface area contributed by atoms with E-state index in [1.807, 2.05) is 27.7 Å². The van der Waals surface area contributed by atoms with Crippen LogP contribution >= 0.6 is 0 Å². The van der Waals surface area contributed by atoms with E-state index in [0.717, 1.165) is 0 Å². The molecule has 1 heterocycles. The molecule has 1 aliphatic rings. The van der Waals surface area contributed by atoms with Crippen LogP contribution in [0.4, 0.5) is 0 Å². The van der Waals surface area contributed by atoms with Crippen LogP contribution < -0.4 is 11.5 Å². The van der Waals surface area contributed by atoms with Gasteiger partial charge in [0.05, 0.1) is 24.4 Å². The van der Waals surface area contributed by atoms with Crippen LogP contribution in [-0.2, 0) is 9.47 Å². The molecule has 0 aliphatic carbocycles. The summed E-state index contributed by atoms with van der Waals surface area (Å²) in [6.45, 7) is 8.26. The smallest absolute Gasteiger partial charge is 0.175 e. The summed E-state index contributed by atoms with van der Waals surface area (Å²) >= 11 is 0. The van der Waals surface area contributed by atoms with E-state index < -0.39 is 18.4 Å². The lowest BCUT2D eigenvalue weighted by Crippen LogP contribution is -2.62. The second kappa shape index (κ2) is 6.11. The molecule has 0 amide bonds. The lowest BCUT2D eigenvalue weighted by molar-refractivity contribution is -0.259. The van der Waals surface area contributed by atoms with Gasteiger partial charge in [-0.1, -0.05) is 13.8 Å². The van der Waals surface area contributed by atoms with Crippen molar-refractivity contribution in [3.63, 3.8) is 0 Å². The molecule has 0 aromatic rings. The van der Waals surface area contributed by atoms with Gasteiger partial charge >= 0.3 is 0 Å². The largest absolute Gasteiger partial charge is 0.391 e. The molecule has 102 valence electrons. The third-order valence-corrected chi connectivity index (χ3v) is 3.25. The van der Waals surface area contributed by atoms with E-state index in [-0.39, 0.29) is 24.0 Å². The van der Waals surface area contributed by atoms with Gasteiger partial charge in [-0.15, -0.1) is 0 Å². The number of hydrogen-bond donors (Lipinski definition) is 3. The first-order chi connectivity index (χ1) is 7.88. The Morgan fingerprint density at radius 2 is 1.88 bits per heavy atom. The van der Waals surface area contributed by atoms with Gasteiger partial charge < -0.3 is 26.0 Å². The van der Waals surface area contributed by atoms with Crippen LogP contribution in [0.2, 0.25) is 0 Å². The van der Waals surface area contributed by atoms with E-state index in [2.05, 4.69) is 0 Å². The van der Waals surface area contributed by atoms with Gasteiger partial charge in [-0.05, 0) is 19.8 Å². The van der Waals surface area contributed by atoms with E-state index in [4.69, 9.17) is 20.9 Å². The molecule has 2 unspecified atom stereocenters. The van der Waals surface area contributed by atoms with Crippen molar-refractivity contribution in [1.29, 1.82) is 0 Å². The summed E-state index contributed by atoms with van der Waals surface area (Å²) in [6, 6.07) is -0.521. The van der Waals surface area contributed by atoms with Crippen molar-refractivity contribution in [3.05, 3.63) is 0 Å². The van der Waals surface area contributed by atoms with Crippen LogP contribution in [-0.4, -0.2) is 42.3 Å². The highest BCUT2D eigenvalue weighted by molar-refractivity contribution is 4.93. The number of aliphatic hydroxyl groups excluding tert-OH is 1. The number of nitrogens with two attached hydrogens (primary N) is 2. The number of aliphatic hydroxyl groups is 1. The molecule has 0 aromatic heterocycles. The molecule has 0 spiro atoms. The van der Waals surface area contributed by atoms with Gasteiger partial charge in [0.15, 0.2) is 6.29 Å². The van der Waals surface area contributed by atoms with Crippen molar-refractivity contribution in [3.8, 4) is 0 Å². The minimum absolute atomic E-state index is 0.00674. The molecular formula is C12H26N2O3. The van der Waals surface area contributed by atoms with Crippen molar-refractivity contribution in [1.82, 2.24) is 0 Å². The van der Waals surface area contributed by atoms with E-state index in [9.17, 15) is 5.11 Å². The Kier molecular flexibility index (Phi) is 5.34. The molecule has 5 heteroatoms. The van der Waals surface area contributed by atoms with Crippen molar-refractivity contribution in [2.24, 2.45) is 23.3 Å². The van der Waals surface area contributed by atoms with Gasteiger partial charge in [0.1, 0.15) is 0 Å². The topological polar surface area (TPSA) is 90.7 Å². The Morgan fingerprint density at radius 1 is 1.29 bits per heavy atom. The minimum Gasteiger partial charge on any atom is -0.391 e. The highest BCUT2D eigenvalue weighted by Gasteiger charge is 2.44. The molecule has 5 nitrogen and oxygen atoms in total. The summed E-state index contributed by atoms with van der Waals surface area (Å²) < 4.78 is 11.3. The third-order valence-electron chi connectivity index (χ3n) is 3.25. The van der Waals surface area contributed by atoms with E-state index in [0.29, 0.717) is 6.54 Å². The van der Waals surface area contributed by atoms with Gasteiger partial charge in [-0.25, -0.2) is 0 Å². The zero-order valence-corrected chi connectivity index (χ0v) is 11.2. The predicted octanol–water partition coefficient (Wildman–Crippen LogP) is 0.0554. The average Bonchev–Trinajstić information content (AvgIpc) is 2.23. The standard InChI is InChI=1S/C12H26N2O3/c1-6(2)9-8(5-13)17-12(16-7(3)4)10(14)11(9)15/h6-12,15H,5,13-14H2,1-4H3/t8?,9-,10?,11-,12+/m0/s1. The fourth-order valence-electron chi connectivity index (χ4n) is 2.42. The zero-order chi connectivity index (χ0) is 13.2. The molecule has 1 aliphatic heterocycles. The van der Waals surface area contributed by atoms with Crippen LogP contribution in [0.15, 0.2) is 0 Å². The molecule has 1 saturated heterocycles. The molecule has 17 heavy (non-hydrogen) atoms. The van der Waals surface area contributed by atoms with E-state index in [1.54, 1.807) is 0 Å². The number of ether oxygens (including phenoxy) is 2. The summed E-state index contributed by atoms with van der Waals surface area (Å²) in [5.74, 6) is 0.228. The van der Waals surface area contributed by atoms with Crippen LogP contribution in [0.1, 0.15) is 27.7 Å². The highest BCUT2D eigenvalue weighted by Crippen LogP contribution is 2.31.